The van der Waals surface area contributed by atoms with Crippen LogP contribution in [0.5, 0.6) is 0 Å². The summed E-state index contributed by atoms with van der Waals surface area (Å²) in [7, 11) is 0. The Morgan fingerprint density at radius 1 is 0.926 bits per heavy atom. The molecule has 4 aliphatic rings. The van der Waals surface area contributed by atoms with Gasteiger partial charge in [0.1, 0.15) is 0 Å². The molecule has 3 heteroatoms. The molecule has 2 saturated heterocycles. The fourth-order valence-corrected chi connectivity index (χ4v) is 6.39. The van der Waals surface area contributed by atoms with Gasteiger partial charge in [-0.05, 0) is 61.5 Å². The number of amides is 1. The zero-order valence-electron chi connectivity index (χ0n) is 16.6. The number of rotatable bonds is 3. The van der Waals surface area contributed by atoms with Crippen molar-refractivity contribution in [2.75, 3.05) is 19.6 Å². The van der Waals surface area contributed by atoms with Crippen LogP contribution in [0.25, 0.3) is 0 Å². The SMILES string of the molecule is O=C1CC[C@@H]2CN(C3Cc4ccccc4C3)CC[C@@H]2N1CC1CCCCC1. The van der Waals surface area contributed by atoms with Crippen LogP contribution in [-0.4, -0.2) is 47.4 Å². The second-order valence-electron chi connectivity index (χ2n) is 9.53. The van der Waals surface area contributed by atoms with E-state index in [1.165, 1.54) is 64.5 Å². The van der Waals surface area contributed by atoms with Crippen molar-refractivity contribution in [1.82, 2.24) is 9.80 Å². The quantitative estimate of drug-likeness (QED) is 0.806. The van der Waals surface area contributed by atoms with E-state index in [1.807, 2.05) is 0 Å². The van der Waals surface area contributed by atoms with Crippen LogP contribution in [0.4, 0.5) is 0 Å². The Morgan fingerprint density at radius 3 is 2.41 bits per heavy atom. The molecule has 3 nitrogen and oxygen atoms in total. The molecule has 2 heterocycles. The normalized spacial score (nSPS) is 30.4. The molecule has 0 spiro atoms. The van der Waals surface area contributed by atoms with Crippen molar-refractivity contribution in [3.8, 4) is 0 Å². The summed E-state index contributed by atoms with van der Waals surface area (Å²) in [5, 5.41) is 0. The van der Waals surface area contributed by atoms with Crippen LogP contribution in [0.3, 0.4) is 0 Å². The van der Waals surface area contributed by atoms with Crippen LogP contribution >= 0.6 is 0 Å². The van der Waals surface area contributed by atoms with E-state index in [1.54, 1.807) is 11.1 Å². The van der Waals surface area contributed by atoms with Crippen LogP contribution < -0.4 is 0 Å². The largest absolute Gasteiger partial charge is 0.339 e. The monoisotopic (exact) mass is 366 g/mol. The Bertz CT molecular complexity index is 656. The standard InChI is InChI=1S/C24H34N2O/c27-24-11-10-21-17-25(22-14-19-8-4-5-9-20(19)15-22)13-12-23(21)26(24)16-18-6-2-1-3-7-18/h4-5,8-9,18,21-23H,1-3,6-7,10-17H2/t21-,23+/m1/s1. The van der Waals surface area contributed by atoms with Gasteiger partial charge in [0.15, 0.2) is 0 Å². The van der Waals surface area contributed by atoms with Gasteiger partial charge in [0, 0.05) is 38.1 Å². The van der Waals surface area contributed by atoms with E-state index in [0.717, 1.165) is 25.3 Å². The second-order valence-corrected chi connectivity index (χ2v) is 9.53. The number of likely N-dealkylation sites (tertiary alicyclic amines) is 2. The van der Waals surface area contributed by atoms with Crippen molar-refractivity contribution < 1.29 is 4.79 Å². The number of nitrogens with zero attached hydrogens (tertiary/aromatic N) is 2. The molecule has 1 saturated carbocycles. The summed E-state index contributed by atoms with van der Waals surface area (Å²) in [6.45, 7) is 3.43. The molecule has 146 valence electrons. The number of fused-ring (bicyclic) bond motifs is 2. The molecule has 0 N–H and O–H groups in total. The van der Waals surface area contributed by atoms with Crippen molar-refractivity contribution in [3.63, 3.8) is 0 Å². The minimum Gasteiger partial charge on any atom is -0.339 e. The van der Waals surface area contributed by atoms with Gasteiger partial charge in [0.25, 0.3) is 0 Å². The van der Waals surface area contributed by atoms with Gasteiger partial charge in [0.2, 0.25) is 5.91 Å². The predicted molar refractivity (Wildman–Crippen MR) is 109 cm³/mol. The van der Waals surface area contributed by atoms with Crippen LogP contribution in [0.2, 0.25) is 0 Å². The highest BCUT2D eigenvalue weighted by atomic mass is 16.2. The van der Waals surface area contributed by atoms with E-state index in [0.29, 0.717) is 23.9 Å². The molecule has 3 fully saturated rings. The van der Waals surface area contributed by atoms with Crippen molar-refractivity contribution in [3.05, 3.63) is 35.4 Å². The number of carbonyl (C=O) groups excluding carboxylic acids is 1. The minimum atomic E-state index is 0.448. The molecule has 2 aliphatic carbocycles. The molecule has 1 aromatic rings. The molecule has 2 atom stereocenters. The molecular weight excluding hydrogens is 332 g/mol. The van der Waals surface area contributed by atoms with E-state index in [4.69, 9.17) is 0 Å². The third-order valence-electron chi connectivity index (χ3n) is 7.90. The van der Waals surface area contributed by atoms with Gasteiger partial charge in [-0.3, -0.25) is 9.69 Å². The molecule has 0 unspecified atom stereocenters. The lowest BCUT2D eigenvalue weighted by Gasteiger charge is -2.49. The lowest BCUT2D eigenvalue weighted by atomic mass is 9.81. The predicted octanol–water partition coefficient (Wildman–Crippen LogP) is 4.05. The summed E-state index contributed by atoms with van der Waals surface area (Å²) in [5.41, 5.74) is 3.12. The fraction of sp³-hybridized carbons (Fsp3) is 0.708. The number of benzene rings is 1. The fourth-order valence-electron chi connectivity index (χ4n) is 6.39. The van der Waals surface area contributed by atoms with E-state index in [-0.39, 0.29) is 0 Å². The molecule has 27 heavy (non-hydrogen) atoms. The molecule has 1 aromatic carbocycles. The Balaban J connectivity index is 1.23. The second kappa shape index (κ2) is 7.58. The highest BCUT2D eigenvalue weighted by Crippen LogP contribution is 2.36. The zero-order chi connectivity index (χ0) is 18.2. The number of carbonyl (C=O) groups is 1. The van der Waals surface area contributed by atoms with Gasteiger partial charge in [0.05, 0.1) is 0 Å². The molecule has 1 amide bonds. The maximum atomic E-state index is 12.7. The summed E-state index contributed by atoms with van der Waals surface area (Å²) in [4.78, 5) is 17.8. The van der Waals surface area contributed by atoms with Gasteiger partial charge in [-0.25, -0.2) is 0 Å². The topological polar surface area (TPSA) is 23.6 Å². The third kappa shape index (κ3) is 3.55. The number of hydrogen-bond acceptors (Lipinski definition) is 2. The Kier molecular flexibility index (Phi) is 4.98. The molecule has 0 aromatic heterocycles. The van der Waals surface area contributed by atoms with Crippen molar-refractivity contribution in [1.29, 1.82) is 0 Å². The Morgan fingerprint density at radius 2 is 1.67 bits per heavy atom. The van der Waals surface area contributed by atoms with Gasteiger partial charge >= 0.3 is 0 Å². The number of hydrogen-bond donors (Lipinski definition) is 0. The lowest BCUT2D eigenvalue weighted by molar-refractivity contribution is -0.142. The molecule has 2 aliphatic heterocycles. The summed E-state index contributed by atoms with van der Waals surface area (Å²) in [5.74, 6) is 1.91. The summed E-state index contributed by atoms with van der Waals surface area (Å²) >= 11 is 0. The molecule has 0 radical (unpaired) electrons. The average Bonchev–Trinajstić information content (AvgIpc) is 3.15. The first kappa shape index (κ1) is 17.7. The maximum absolute atomic E-state index is 12.7. The van der Waals surface area contributed by atoms with Gasteiger partial charge < -0.3 is 4.90 Å². The van der Waals surface area contributed by atoms with Gasteiger partial charge in [-0.2, -0.15) is 0 Å². The smallest absolute Gasteiger partial charge is 0.222 e. The maximum Gasteiger partial charge on any atom is 0.222 e. The molecular formula is C24H34N2O. The van der Waals surface area contributed by atoms with Crippen LogP contribution in [0, 0.1) is 11.8 Å². The van der Waals surface area contributed by atoms with Crippen molar-refractivity contribution in [2.45, 2.75) is 76.3 Å². The highest BCUT2D eigenvalue weighted by Gasteiger charge is 2.42. The van der Waals surface area contributed by atoms with E-state index < -0.39 is 0 Å². The zero-order valence-corrected chi connectivity index (χ0v) is 16.6. The van der Waals surface area contributed by atoms with E-state index in [9.17, 15) is 4.79 Å². The first-order valence-corrected chi connectivity index (χ1v) is 11.4. The lowest BCUT2D eigenvalue weighted by Crippen LogP contribution is -2.58. The van der Waals surface area contributed by atoms with Crippen LogP contribution in [0.1, 0.15) is 62.5 Å². The van der Waals surface area contributed by atoms with Gasteiger partial charge in [-0.1, -0.05) is 43.5 Å². The third-order valence-corrected chi connectivity index (χ3v) is 7.90. The van der Waals surface area contributed by atoms with Crippen LogP contribution in [0.15, 0.2) is 24.3 Å². The van der Waals surface area contributed by atoms with Gasteiger partial charge in [-0.15, -0.1) is 0 Å². The molecule has 5 rings (SSSR count). The first-order valence-electron chi connectivity index (χ1n) is 11.4. The highest BCUT2D eigenvalue weighted by molar-refractivity contribution is 5.77. The van der Waals surface area contributed by atoms with E-state index in [2.05, 4.69) is 34.1 Å². The Hall–Kier alpha value is -1.35. The average molecular weight is 367 g/mol. The van der Waals surface area contributed by atoms with E-state index >= 15 is 0 Å². The Labute approximate surface area is 164 Å². The number of piperidine rings is 2. The van der Waals surface area contributed by atoms with Crippen LogP contribution in [-0.2, 0) is 17.6 Å². The van der Waals surface area contributed by atoms with Crippen molar-refractivity contribution in [2.24, 2.45) is 11.8 Å². The summed E-state index contributed by atoms with van der Waals surface area (Å²) in [6, 6.07) is 10.2. The molecule has 0 bridgehead atoms. The van der Waals surface area contributed by atoms with Crippen molar-refractivity contribution >= 4 is 5.91 Å². The summed E-state index contributed by atoms with van der Waals surface area (Å²) in [6.07, 6.45) is 12.4. The minimum absolute atomic E-state index is 0.448. The first-order chi connectivity index (χ1) is 13.3. The summed E-state index contributed by atoms with van der Waals surface area (Å²) < 4.78 is 0.